The summed E-state index contributed by atoms with van der Waals surface area (Å²) in [6.07, 6.45) is 0.710. The van der Waals surface area contributed by atoms with Crippen LogP contribution < -0.4 is 0 Å². The van der Waals surface area contributed by atoms with E-state index in [1.54, 1.807) is 0 Å². The number of hydrogen-bond donors (Lipinski definition) is 0. The van der Waals surface area contributed by atoms with Crippen molar-refractivity contribution in [1.29, 1.82) is 0 Å². The molecule has 0 bridgehead atoms. The molecule has 1 heterocycles. The van der Waals surface area contributed by atoms with Gasteiger partial charge in [0.1, 0.15) is 5.78 Å². The molecule has 1 aliphatic rings. The fraction of sp³-hybridized carbons (Fsp3) is 0.909. The van der Waals surface area contributed by atoms with E-state index in [2.05, 4.69) is 25.7 Å². The zero-order chi connectivity index (χ0) is 11.0. The quantitative estimate of drug-likeness (QED) is 0.703. The minimum atomic E-state index is -0.135. The van der Waals surface area contributed by atoms with E-state index in [0.29, 0.717) is 12.2 Å². The molecule has 0 aliphatic carbocycles. The van der Waals surface area contributed by atoms with E-state index in [1.165, 1.54) is 0 Å². The first-order valence-corrected chi connectivity index (χ1v) is 6.06. The van der Waals surface area contributed by atoms with Gasteiger partial charge in [-0.1, -0.05) is 20.8 Å². The van der Waals surface area contributed by atoms with Crippen LogP contribution in [0.3, 0.4) is 0 Å². The van der Waals surface area contributed by atoms with Crippen LogP contribution in [-0.4, -0.2) is 41.8 Å². The van der Waals surface area contributed by atoms with Crippen LogP contribution >= 0.6 is 11.8 Å². The van der Waals surface area contributed by atoms with Crippen LogP contribution in [0.1, 0.15) is 27.2 Å². The lowest BCUT2D eigenvalue weighted by Crippen LogP contribution is -2.46. The summed E-state index contributed by atoms with van der Waals surface area (Å²) in [5, 5.41) is 0. The molecule has 82 valence electrons. The second kappa shape index (κ2) is 3.86. The van der Waals surface area contributed by atoms with Crippen LogP contribution in [-0.2, 0) is 4.79 Å². The average molecular weight is 215 g/mol. The van der Waals surface area contributed by atoms with Crippen LogP contribution in [0, 0.1) is 5.41 Å². The topological polar surface area (TPSA) is 20.3 Å². The first-order chi connectivity index (χ1) is 6.25. The number of nitrogens with zero attached hydrogens (tertiary/aromatic N) is 1. The minimum absolute atomic E-state index is 0.135. The summed E-state index contributed by atoms with van der Waals surface area (Å²) in [6.45, 7) is 7.28. The number of thioether (sulfide) groups is 1. The summed E-state index contributed by atoms with van der Waals surface area (Å²) in [5.41, 5.74) is -0.135. The maximum absolute atomic E-state index is 12.0. The van der Waals surface area contributed by atoms with Gasteiger partial charge in [-0.15, -0.1) is 0 Å². The molecule has 1 aliphatic heterocycles. The standard InChI is InChI=1S/C11H21NOS/c1-10(2)6-9(13)11(3,8-14-10)7-12(4)5/h6-8H2,1-5H3. The molecule has 0 spiro atoms. The Hall–Kier alpha value is -0.0200. The normalized spacial score (nSPS) is 32.3. The first-order valence-electron chi connectivity index (χ1n) is 5.07. The monoisotopic (exact) mass is 215 g/mol. The molecule has 0 N–H and O–H groups in total. The Morgan fingerprint density at radius 1 is 1.36 bits per heavy atom. The number of Topliss-reactive ketones (excluding diaryl/α,β-unsaturated/α-hetero) is 1. The summed E-state index contributed by atoms with van der Waals surface area (Å²) in [6, 6.07) is 0. The molecular formula is C11H21NOS. The zero-order valence-electron chi connectivity index (χ0n) is 9.89. The van der Waals surface area contributed by atoms with E-state index in [1.807, 2.05) is 25.9 Å². The van der Waals surface area contributed by atoms with Crippen molar-refractivity contribution in [2.24, 2.45) is 5.41 Å². The lowest BCUT2D eigenvalue weighted by molar-refractivity contribution is -0.128. The summed E-state index contributed by atoms with van der Waals surface area (Å²) in [5.74, 6) is 1.38. The van der Waals surface area contributed by atoms with Crippen molar-refractivity contribution in [3.63, 3.8) is 0 Å². The predicted molar refractivity (Wildman–Crippen MR) is 62.8 cm³/mol. The van der Waals surface area contributed by atoms with Crippen molar-refractivity contribution >= 4 is 17.5 Å². The highest BCUT2D eigenvalue weighted by atomic mass is 32.2. The molecular weight excluding hydrogens is 194 g/mol. The van der Waals surface area contributed by atoms with Gasteiger partial charge in [0.2, 0.25) is 0 Å². The second-order valence-corrected chi connectivity index (χ2v) is 7.13. The number of carbonyl (C=O) groups excluding carboxylic acids is 1. The first kappa shape index (κ1) is 12.1. The van der Waals surface area contributed by atoms with E-state index in [0.717, 1.165) is 12.3 Å². The average Bonchev–Trinajstić information content (AvgIpc) is 1.97. The van der Waals surface area contributed by atoms with Crippen molar-refractivity contribution in [3.05, 3.63) is 0 Å². The molecule has 0 amide bonds. The molecule has 0 aromatic rings. The summed E-state index contributed by atoms with van der Waals surface area (Å²) in [7, 11) is 4.06. The van der Waals surface area contributed by atoms with Crippen LogP contribution in [0.15, 0.2) is 0 Å². The molecule has 1 fully saturated rings. The van der Waals surface area contributed by atoms with Gasteiger partial charge in [0.25, 0.3) is 0 Å². The molecule has 1 rings (SSSR count). The van der Waals surface area contributed by atoms with E-state index >= 15 is 0 Å². The third-order valence-corrected chi connectivity index (χ3v) is 4.41. The highest BCUT2D eigenvalue weighted by Gasteiger charge is 2.42. The Morgan fingerprint density at radius 3 is 2.36 bits per heavy atom. The predicted octanol–water partition coefficient (Wildman–Crippen LogP) is 2.04. The molecule has 1 saturated heterocycles. The largest absolute Gasteiger partial charge is 0.308 e. The molecule has 0 radical (unpaired) electrons. The van der Waals surface area contributed by atoms with Gasteiger partial charge in [0, 0.05) is 28.9 Å². The van der Waals surface area contributed by atoms with E-state index in [4.69, 9.17) is 0 Å². The van der Waals surface area contributed by atoms with Gasteiger partial charge in [-0.2, -0.15) is 11.8 Å². The Kier molecular flexibility index (Phi) is 3.32. The summed E-state index contributed by atoms with van der Waals surface area (Å²) < 4.78 is 0.142. The second-order valence-electron chi connectivity index (χ2n) is 5.45. The van der Waals surface area contributed by atoms with Crippen LogP contribution in [0.4, 0.5) is 0 Å². The van der Waals surface area contributed by atoms with Gasteiger partial charge in [0.05, 0.1) is 0 Å². The van der Waals surface area contributed by atoms with E-state index in [9.17, 15) is 4.79 Å². The molecule has 1 atom stereocenters. The van der Waals surface area contributed by atoms with Crippen molar-refractivity contribution in [3.8, 4) is 0 Å². The summed E-state index contributed by atoms with van der Waals surface area (Å²) in [4.78, 5) is 14.1. The molecule has 2 nitrogen and oxygen atoms in total. The molecule has 3 heteroatoms. The lowest BCUT2D eigenvalue weighted by atomic mass is 9.82. The SMILES string of the molecule is CN(C)CC1(C)CSC(C)(C)CC1=O. The van der Waals surface area contributed by atoms with Gasteiger partial charge < -0.3 is 4.90 Å². The molecule has 0 aromatic heterocycles. The maximum atomic E-state index is 12.0. The lowest BCUT2D eigenvalue weighted by Gasteiger charge is -2.40. The van der Waals surface area contributed by atoms with Crippen molar-refractivity contribution in [1.82, 2.24) is 4.90 Å². The fourth-order valence-electron chi connectivity index (χ4n) is 1.92. The van der Waals surface area contributed by atoms with Gasteiger partial charge in [-0.05, 0) is 14.1 Å². The smallest absolute Gasteiger partial charge is 0.142 e. The Bertz CT molecular complexity index is 237. The van der Waals surface area contributed by atoms with Gasteiger partial charge in [-0.25, -0.2) is 0 Å². The maximum Gasteiger partial charge on any atom is 0.142 e. The Labute approximate surface area is 91.4 Å². The highest BCUT2D eigenvalue weighted by molar-refractivity contribution is 8.00. The number of hydrogen-bond acceptors (Lipinski definition) is 3. The van der Waals surface area contributed by atoms with E-state index in [-0.39, 0.29) is 10.2 Å². The van der Waals surface area contributed by atoms with Crippen molar-refractivity contribution < 1.29 is 4.79 Å². The molecule has 14 heavy (non-hydrogen) atoms. The van der Waals surface area contributed by atoms with Crippen LogP contribution in [0.2, 0.25) is 0 Å². The molecule has 0 saturated carbocycles. The fourth-order valence-corrected chi connectivity index (χ4v) is 3.11. The molecule has 0 aromatic carbocycles. The van der Waals surface area contributed by atoms with Crippen LogP contribution in [0.5, 0.6) is 0 Å². The van der Waals surface area contributed by atoms with Crippen LogP contribution in [0.25, 0.3) is 0 Å². The van der Waals surface area contributed by atoms with Gasteiger partial charge in [0.15, 0.2) is 0 Å². The number of ketones is 1. The number of carbonyl (C=O) groups is 1. The minimum Gasteiger partial charge on any atom is -0.308 e. The van der Waals surface area contributed by atoms with Gasteiger partial charge >= 0.3 is 0 Å². The molecule has 1 unspecified atom stereocenters. The Morgan fingerprint density at radius 2 is 1.93 bits per heavy atom. The van der Waals surface area contributed by atoms with Crippen molar-refractivity contribution in [2.75, 3.05) is 26.4 Å². The van der Waals surface area contributed by atoms with Crippen molar-refractivity contribution in [2.45, 2.75) is 31.9 Å². The highest BCUT2D eigenvalue weighted by Crippen LogP contribution is 2.42. The third kappa shape index (κ3) is 2.74. The zero-order valence-corrected chi connectivity index (χ0v) is 10.7. The Balaban J connectivity index is 2.70. The van der Waals surface area contributed by atoms with E-state index < -0.39 is 0 Å². The number of rotatable bonds is 2. The summed E-state index contributed by atoms with van der Waals surface area (Å²) >= 11 is 1.93. The van der Waals surface area contributed by atoms with Gasteiger partial charge in [-0.3, -0.25) is 4.79 Å². The third-order valence-electron chi connectivity index (χ3n) is 2.71.